The lowest BCUT2D eigenvalue weighted by Crippen LogP contribution is -2.43. The summed E-state index contributed by atoms with van der Waals surface area (Å²) in [4.78, 5) is 31.4. The SMILES string of the molecule is O=C(Nc1nc(-c2ccc(Cl)cc2)cs1)[C@H]1CCCN(C(=O)c2ccoc2)C1. The quantitative estimate of drug-likeness (QED) is 0.678. The molecule has 0 unspecified atom stereocenters. The van der Waals surface area contributed by atoms with Crippen molar-refractivity contribution in [3.05, 3.63) is 58.8 Å². The highest BCUT2D eigenvalue weighted by Crippen LogP contribution is 2.27. The Hall–Kier alpha value is -2.64. The molecule has 2 aromatic heterocycles. The Morgan fingerprint density at radius 1 is 1.25 bits per heavy atom. The fourth-order valence-electron chi connectivity index (χ4n) is 3.24. The van der Waals surface area contributed by atoms with Crippen LogP contribution < -0.4 is 5.32 Å². The summed E-state index contributed by atoms with van der Waals surface area (Å²) in [6.07, 6.45) is 4.44. The van der Waals surface area contributed by atoms with Gasteiger partial charge in [0.25, 0.3) is 5.91 Å². The van der Waals surface area contributed by atoms with Crippen molar-refractivity contribution in [1.82, 2.24) is 9.88 Å². The number of carbonyl (C=O) groups is 2. The van der Waals surface area contributed by atoms with Crippen LogP contribution in [-0.4, -0.2) is 34.8 Å². The molecule has 0 spiro atoms. The van der Waals surface area contributed by atoms with Crippen LogP contribution in [0.5, 0.6) is 0 Å². The number of anilines is 1. The van der Waals surface area contributed by atoms with Gasteiger partial charge in [0.05, 0.1) is 23.4 Å². The molecule has 1 saturated heterocycles. The summed E-state index contributed by atoms with van der Waals surface area (Å²) in [6, 6.07) is 9.04. The number of rotatable bonds is 4. The molecule has 1 fully saturated rings. The number of piperidine rings is 1. The third kappa shape index (κ3) is 4.10. The molecule has 0 radical (unpaired) electrons. The molecule has 8 heteroatoms. The minimum absolute atomic E-state index is 0.106. The van der Waals surface area contributed by atoms with Crippen LogP contribution in [-0.2, 0) is 4.79 Å². The summed E-state index contributed by atoms with van der Waals surface area (Å²) in [7, 11) is 0. The van der Waals surface area contributed by atoms with Crippen molar-refractivity contribution in [2.24, 2.45) is 5.92 Å². The Kier molecular flexibility index (Phi) is 5.45. The lowest BCUT2D eigenvalue weighted by Gasteiger charge is -2.31. The molecule has 1 aromatic carbocycles. The fourth-order valence-corrected chi connectivity index (χ4v) is 4.08. The van der Waals surface area contributed by atoms with E-state index in [1.54, 1.807) is 11.0 Å². The lowest BCUT2D eigenvalue weighted by molar-refractivity contribution is -0.121. The van der Waals surface area contributed by atoms with Crippen LogP contribution in [0.1, 0.15) is 23.2 Å². The molecule has 144 valence electrons. The van der Waals surface area contributed by atoms with Gasteiger partial charge in [0.1, 0.15) is 6.26 Å². The Morgan fingerprint density at radius 2 is 2.07 bits per heavy atom. The minimum atomic E-state index is -0.257. The summed E-state index contributed by atoms with van der Waals surface area (Å²) >= 11 is 7.29. The number of halogens is 1. The molecule has 3 heterocycles. The molecule has 0 aliphatic carbocycles. The van der Waals surface area contributed by atoms with Crippen molar-refractivity contribution in [3.63, 3.8) is 0 Å². The largest absolute Gasteiger partial charge is 0.472 e. The van der Waals surface area contributed by atoms with Gasteiger partial charge in [-0.25, -0.2) is 4.98 Å². The van der Waals surface area contributed by atoms with E-state index in [1.807, 2.05) is 29.6 Å². The molecule has 4 rings (SSSR count). The number of carbonyl (C=O) groups excluding carboxylic acids is 2. The highest BCUT2D eigenvalue weighted by atomic mass is 35.5. The van der Waals surface area contributed by atoms with Gasteiger partial charge < -0.3 is 14.6 Å². The number of likely N-dealkylation sites (tertiary alicyclic amines) is 1. The summed E-state index contributed by atoms with van der Waals surface area (Å²) in [5, 5.41) is 6.01. The monoisotopic (exact) mass is 415 g/mol. The van der Waals surface area contributed by atoms with Crippen molar-refractivity contribution in [1.29, 1.82) is 0 Å². The van der Waals surface area contributed by atoms with Gasteiger partial charge in [-0.15, -0.1) is 11.3 Å². The first-order valence-corrected chi connectivity index (χ1v) is 10.2. The second-order valence-corrected chi connectivity index (χ2v) is 7.93. The maximum absolute atomic E-state index is 12.7. The molecular weight excluding hydrogens is 398 g/mol. The molecular formula is C20H18ClN3O3S. The second kappa shape index (κ2) is 8.16. The van der Waals surface area contributed by atoms with Crippen LogP contribution >= 0.6 is 22.9 Å². The number of amides is 2. The fraction of sp³-hybridized carbons (Fsp3) is 0.250. The standard InChI is InChI=1S/C20H18ClN3O3S/c21-16-5-3-13(4-6-16)17-12-28-20(22-17)23-18(25)14-2-1-8-24(10-14)19(26)15-7-9-27-11-15/h3-7,9,11-12,14H,1-2,8,10H2,(H,22,23,25)/t14-/m0/s1. The maximum Gasteiger partial charge on any atom is 0.257 e. The third-order valence-corrected chi connectivity index (χ3v) is 5.73. The van der Waals surface area contributed by atoms with E-state index < -0.39 is 0 Å². The topological polar surface area (TPSA) is 75.4 Å². The normalized spacial score (nSPS) is 16.8. The van der Waals surface area contributed by atoms with Gasteiger partial charge in [-0.2, -0.15) is 0 Å². The van der Waals surface area contributed by atoms with E-state index in [-0.39, 0.29) is 17.7 Å². The molecule has 0 saturated carbocycles. The first-order valence-electron chi connectivity index (χ1n) is 8.94. The highest BCUT2D eigenvalue weighted by molar-refractivity contribution is 7.14. The summed E-state index contributed by atoms with van der Waals surface area (Å²) in [5.74, 6) is -0.472. The number of furan rings is 1. The number of thiazole rings is 1. The first-order chi connectivity index (χ1) is 13.6. The van der Waals surface area contributed by atoms with E-state index in [4.69, 9.17) is 16.0 Å². The zero-order valence-corrected chi connectivity index (χ0v) is 16.5. The third-order valence-electron chi connectivity index (χ3n) is 4.72. The molecule has 6 nitrogen and oxygen atoms in total. The number of hydrogen-bond acceptors (Lipinski definition) is 5. The van der Waals surface area contributed by atoms with Crippen LogP contribution in [0.3, 0.4) is 0 Å². The summed E-state index contributed by atoms with van der Waals surface area (Å²) < 4.78 is 4.98. The maximum atomic E-state index is 12.7. The van der Waals surface area contributed by atoms with Crippen molar-refractivity contribution in [3.8, 4) is 11.3 Å². The Labute approximate surface area is 171 Å². The molecule has 3 aromatic rings. The average molecular weight is 416 g/mol. The summed E-state index contributed by atoms with van der Waals surface area (Å²) in [5.41, 5.74) is 2.24. The predicted octanol–water partition coefficient (Wildman–Crippen LogP) is 4.55. The molecule has 1 N–H and O–H groups in total. The Balaban J connectivity index is 1.39. The van der Waals surface area contributed by atoms with E-state index >= 15 is 0 Å². The molecule has 2 amide bonds. The van der Waals surface area contributed by atoms with Crippen LogP contribution in [0.25, 0.3) is 11.3 Å². The second-order valence-electron chi connectivity index (χ2n) is 6.64. The van der Waals surface area contributed by atoms with Gasteiger partial charge in [-0.1, -0.05) is 23.7 Å². The molecule has 1 atom stereocenters. The van der Waals surface area contributed by atoms with Gasteiger partial charge in [0.2, 0.25) is 5.91 Å². The minimum Gasteiger partial charge on any atom is -0.472 e. The number of benzene rings is 1. The van der Waals surface area contributed by atoms with Crippen molar-refractivity contribution in [2.75, 3.05) is 18.4 Å². The Morgan fingerprint density at radius 3 is 2.82 bits per heavy atom. The average Bonchev–Trinajstić information content (AvgIpc) is 3.40. The molecule has 1 aliphatic rings. The van der Waals surface area contributed by atoms with E-state index in [0.29, 0.717) is 28.8 Å². The van der Waals surface area contributed by atoms with E-state index in [2.05, 4.69) is 10.3 Å². The van der Waals surface area contributed by atoms with Crippen molar-refractivity contribution >= 4 is 39.9 Å². The van der Waals surface area contributed by atoms with Gasteiger partial charge in [-0.05, 0) is 31.0 Å². The van der Waals surface area contributed by atoms with E-state index in [0.717, 1.165) is 24.1 Å². The number of hydrogen-bond donors (Lipinski definition) is 1. The van der Waals surface area contributed by atoms with Crippen molar-refractivity contribution < 1.29 is 14.0 Å². The summed E-state index contributed by atoms with van der Waals surface area (Å²) in [6.45, 7) is 1.04. The zero-order valence-electron chi connectivity index (χ0n) is 14.9. The van der Waals surface area contributed by atoms with E-state index in [9.17, 15) is 9.59 Å². The number of aromatic nitrogens is 1. The van der Waals surface area contributed by atoms with Crippen LogP contribution in [0, 0.1) is 5.92 Å². The van der Waals surface area contributed by atoms with Gasteiger partial charge in [-0.3, -0.25) is 9.59 Å². The lowest BCUT2D eigenvalue weighted by atomic mass is 9.97. The predicted molar refractivity (Wildman–Crippen MR) is 109 cm³/mol. The van der Waals surface area contributed by atoms with Gasteiger partial charge >= 0.3 is 0 Å². The smallest absolute Gasteiger partial charge is 0.257 e. The molecule has 0 bridgehead atoms. The number of nitrogens with zero attached hydrogens (tertiary/aromatic N) is 2. The highest BCUT2D eigenvalue weighted by Gasteiger charge is 2.29. The van der Waals surface area contributed by atoms with Crippen LogP contribution in [0.15, 0.2) is 52.7 Å². The van der Waals surface area contributed by atoms with Gasteiger partial charge in [0, 0.05) is 29.1 Å². The van der Waals surface area contributed by atoms with Crippen molar-refractivity contribution in [2.45, 2.75) is 12.8 Å². The van der Waals surface area contributed by atoms with E-state index in [1.165, 1.54) is 23.9 Å². The first kappa shape index (κ1) is 18.7. The molecule has 28 heavy (non-hydrogen) atoms. The van der Waals surface area contributed by atoms with Crippen LogP contribution in [0.2, 0.25) is 5.02 Å². The number of nitrogens with one attached hydrogen (secondary N) is 1. The van der Waals surface area contributed by atoms with Crippen LogP contribution in [0.4, 0.5) is 5.13 Å². The zero-order chi connectivity index (χ0) is 19.5. The molecule has 1 aliphatic heterocycles. The van der Waals surface area contributed by atoms with Gasteiger partial charge in [0.15, 0.2) is 5.13 Å². The Bertz CT molecular complexity index is 969.